The average Bonchev–Trinajstić information content (AvgIpc) is 3.06. The molecule has 0 saturated heterocycles. The monoisotopic (exact) mass is 256 g/mol. The van der Waals surface area contributed by atoms with Crippen LogP contribution in [0, 0.1) is 11.8 Å². The first-order chi connectivity index (χ1) is 8.65. The fraction of sp³-hybridized carbons (Fsp3) is 0.846. The molecule has 0 spiro atoms. The van der Waals surface area contributed by atoms with Crippen molar-refractivity contribution in [1.29, 1.82) is 0 Å². The fourth-order valence-electron chi connectivity index (χ4n) is 1.85. The molecule has 104 valence electrons. The highest BCUT2D eigenvalue weighted by molar-refractivity contribution is 5.82. The molecule has 2 atom stereocenters. The third kappa shape index (κ3) is 6.00. The SMILES string of the molecule is CC1CC1C(=O)NCCC(=O)NCCCCCO. The van der Waals surface area contributed by atoms with E-state index in [9.17, 15) is 9.59 Å². The van der Waals surface area contributed by atoms with Gasteiger partial charge in [-0.15, -0.1) is 0 Å². The first kappa shape index (κ1) is 15.0. The molecule has 5 heteroatoms. The van der Waals surface area contributed by atoms with Crippen molar-refractivity contribution >= 4 is 11.8 Å². The molecule has 2 unspecified atom stereocenters. The second-order valence-electron chi connectivity index (χ2n) is 4.99. The topological polar surface area (TPSA) is 78.4 Å². The standard InChI is InChI=1S/C13H24N2O3/c1-10-9-11(10)13(18)15-7-5-12(17)14-6-3-2-4-8-16/h10-11,16H,2-9H2,1H3,(H,14,17)(H,15,18). The van der Waals surface area contributed by atoms with Gasteiger partial charge in [-0.05, 0) is 31.6 Å². The zero-order chi connectivity index (χ0) is 13.4. The fourth-order valence-corrected chi connectivity index (χ4v) is 1.85. The Bertz CT molecular complexity index is 281. The molecule has 1 saturated carbocycles. The summed E-state index contributed by atoms with van der Waals surface area (Å²) in [6, 6.07) is 0. The Morgan fingerprint density at radius 2 is 1.89 bits per heavy atom. The van der Waals surface area contributed by atoms with E-state index in [0.717, 1.165) is 25.7 Å². The largest absolute Gasteiger partial charge is 0.396 e. The Morgan fingerprint density at radius 3 is 2.50 bits per heavy atom. The minimum atomic E-state index is -0.0249. The molecule has 1 aliphatic carbocycles. The quantitative estimate of drug-likeness (QED) is 0.523. The molecule has 1 rings (SSSR count). The third-order valence-electron chi connectivity index (χ3n) is 3.25. The number of amides is 2. The lowest BCUT2D eigenvalue weighted by molar-refractivity contribution is -0.123. The predicted molar refractivity (Wildman–Crippen MR) is 68.8 cm³/mol. The summed E-state index contributed by atoms with van der Waals surface area (Å²) in [6.45, 7) is 3.33. The lowest BCUT2D eigenvalue weighted by Crippen LogP contribution is -2.32. The normalized spacial score (nSPS) is 21.4. The van der Waals surface area contributed by atoms with E-state index in [1.807, 2.05) is 0 Å². The van der Waals surface area contributed by atoms with Crippen molar-refractivity contribution in [1.82, 2.24) is 10.6 Å². The van der Waals surface area contributed by atoms with E-state index in [2.05, 4.69) is 17.6 Å². The number of hydrogen-bond donors (Lipinski definition) is 3. The Hall–Kier alpha value is -1.10. The van der Waals surface area contributed by atoms with Crippen LogP contribution in [0.1, 0.15) is 39.0 Å². The van der Waals surface area contributed by atoms with Crippen LogP contribution in [0.2, 0.25) is 0 Å². The van der Waals surface area contributed by atoms with E-state index in [-0.39, 0.29) is 24.3 Å². The van der Waals surface area contributed by atoms with E-state index in [0.29, 0.717) is 25.4 Å². The second-order valence-corrected chi connectivity index (χ2v) is 4.99. The molecule has 0 radical (unpaired) electrons. The molecule has 0 aromatic carbocycles. The average molecular weight is 256 g/mol. The molecule has 0 aromatic heterocycles. The van der Waals surface area contributed by atoms with Crippen molar-refractivity contribution in [2.75, 3.05) is 19.7 Å². The highest BCUT2D eigenvalue weighted by atomic mass is 16.3. The first-order valence-corrected chi connectivity index (χ1v) is 6.80. The number of hydrogen-bond acceptors (Lipinski definition) is 3. The first-order valence-electron chi connectivity index (χ1n) is 6.80. The zero-order valence-electron chi connectivity index (χ0n) is 11.1. The van der Waals surface area contributed by atoms with E-state index in [1.54, 1.807) is 0 Å². The lowest BCUT2D eigenvalue weighted by atomic mass is 10.2. The second kappa shape index (κ2) is 8.08. The maximum Gasteiger partial charge on any atom is 0.223 e. The lowest BCUT2D eigenvalue weighted by Gasteiger charge is -2.06. The van der Waals surface area contributed by atoms with Gasteiger partial charge in [0.25, 0.3) is 0 Å². The van der Waals surface area contributed by atoms with Crippen LogP contribution < -0.4 is 10.6 Å². The van der Waals surface area contributed by atoms with Crippen LogP contribution in [0.25, 0.3) is 0 Å². The van der Waals surface area contributed by atoms with Crippen molar-refractivity contribution in [2.24, 2.45) is 11.8 Å². The smallest absolute Gasteiger partial charge is 0.223 e. The van der Waals surface area contributed by atoms with E-state index in [4.69, 9.17) is 5.11 Å². The molecule has 1 fully saturated rings. The number of rotatable bonds is 9. The molecular weight excluding hydrogens is 232 g/mol. The highest BCUT2D eigenvalue weighted by Gasteiger charge is 2.38. The van der Waals surface area contributed by atoms with Gasteiger partial charge in [0, 0.05) is 32.0 Å². The number of aliphatic hydroxyl groups excluding tert-OH is 1. The molecular formula is C13H24N2O3. The maximum absolute atomic E-state index is 11.5. The van der Waals surface area contributed by atoms with Crippen molar-refractivity contribution < 1.29 is 14.7 Å². The molecule has 3 N–H and O–H groups in total. The Kier molecular flexibility index (Phi) is 6.72. The molecule has 2 amide bonds. The van der Waals surface area contributed by atoms with Crippen LogP contribution in [0.5, 0.6) is 0 Å². The van der Waals surface area contributed by atoms with E-state index in [1.165, 1.54) is 0 Å². The number of nitrogens with one attached hydrogen (secondary N) is 2. The van der Waals surface area contributed by atoms with Gasteiger partial charge in [0.05, 0.1) is 0 Å². The summed E-state index contributed by atoms with van der Waals surface area (Å²) in [5, 5.41) is 14.2. The van der Waals surface area contributed by atoms with Crippen molar-refractivity contribution in [3.63, 3.8) is 0 Å². The number of unbranched alkanes of at least 4 members (excludes halogenated alkanes) is 2. The number of aliphatic hydroxyl groups is 1. The van der Waals surface area contributed by atoms with Gasteiger partial charge in [-0.25, -0.2) is 0 Å². The van der Waals surface area contributed by atoms with Crippen LogP contribution >= 0.6 is 0 Å². The number of carbonyl (C=O) groups is 2. The van der Waals surface area contributed by atoms with E-state index >= 15 is 0 Å². The van der Waals surface area contributed by atoms with E-state index < -0.39 is 0 Å². The van der Waals surface area contributed by atoms with Crippen LogP contribution in [-0.2, 0) is 9.59 Å². The zero-order valence-corrected chi connectivity index (χ0v) is 11.1. The summed E-state index contributed by atoms with van der Waals surface area (Å²) < 4.78 is 0. The van der Waals surface area contributed by atoms with Gasteiger partial charge in [0.2, 0.25) is 11.8 Å². The molecule has 0 aliphatic heterocycles. The number of carbonyl (C=O) groups excluding carboxylic acids is 2. The molecule has 1 aliphatic rings. The van der Waals surface area contributed by atoms with Gasteiger partial charge < -0.3 is 15.7 Å². The van der Waals surface area contributed by atoms with Crippen LogP contribution in [0.4, 0.5) is 0 Å². The highest BCUT2D eigenvalue weighted by Crippen LogP contribution is 2.37. The Morgan fingerprint density at radius 1 is 1.17 bits per heavy atom. The molecule has 0 heterocycles. The molecule has 0 bridgehead atoms. The van der Waals surface area contributed by atoms with Crippen molar-refractivity contribution in [3.8, 4) is 0 Å². The summed E-state index contributed by atoms with van der Waals surface area (Å²) in [6.07, 6.45) is 3.91. The van der Waals surface area contributed by atoms with Gasteiger partial charge in [-0.2, -0.15) is 0 Å². The van der Waals surface area contributed by atoms with Gasteiger partial charge in [0.1, 0.15) is 0 Å². The van der Waals surface area contributed by atoms with Gasteiger partial charge in [-0.3, -0.25) is 9.59 Å². The predicted octanol–water partition coefficient (Wildman–Crippen LogP) is 0.428. The van der Waals surface area contributed by atoms with Crippen LogP contribution in [0.3, 0.4) is 0 Å². The third-order valence-corrected chi connectivity index (χ3v) is 3.25. The Labute approximate surface area is 108 Å². The van der Waals surface area contributed by atoms with Crippen LogP contribution in [0.15, 0.2) is 0 Å². The molecule has 0 aromatic rings. The molecule has 18 heavy (non-hydrogen) atoms. The van der Waals surface area contributed by atoms with Crippen LogP contribution in [-0.4, -0.2) is 36.6 Å². The summed E-state index contributed by atoms with van der Waals surface area (Å²) in [7, 11) is 0. The minimum absolute atomic E-state index is 0.0249. The molecule has 5 nitrogen and oxygen atoms in total. The summed E-state index contributed by atoms with van der Waals surface area (Å²) in [5.74, 6) is 0.735. The van der Waals surface area contributed by atoms with Gasteiger partial charge in [-0.1, -0.05) is 6.92 Å². The minimum Gasteiger partial charge on any atom is -0.396 e. The van der Waals surface area contributed by atoms with Gasteiger partial charge in [0.15, 0.2) is 0 Å². The van der Waals surface area contributed by atoms with Crippen molar-refractivity contribution in [3.05, 3.63) is 0 Å². The summed E-state index contributed by atoms with van der Waals surface area (Å²) in [5.41, 5.74) is 0. The van der Waals surface area contributed by atoms with Crippen molar-refractivity contribution in [2.45, 2.75) is 39.0 Å². The Balaban J connectivity index is 1.92. The maximum atomic E-state index is 11.5. The summed E-state index contributed by atoms with van der Waals surface area (Å²) >= 11 is 0. The summed E-state index contributed by atoms with van der Waals surface area (Å²) in [4.78, 5) is 22.9. The van der Waals surface area contributed by atoms with Gasteiger partial charge >= 0.3 is 0 Å².